The SMILES string of the molecule is Cl.NCCCC[C@@H](N)c1ccoc1. The van der Waals surface area contributed by atoms with Gasteiger partial charge in [-0.15, -0.1) is 12.4 Å². The van der Waals surface area contributed by atoms with Crippen molar-refractivity contribution in [3.05, 3.63) is 24.2 Å². The number of rotatable bonds is 5. The zero-order valence-corrected chi connectivity index (χ0v) is 8.43. The number of hydrogen-bond acceptors (Lipinski definition) is 3. The molecule has 1 atom stereocenters. The lowest BCUT2D eigenvalue weighted by molar-refractivity contribution is 0.546. The molecule has 0 aliphatic heterocycles. The molecule has 0 unspecified atom stereocenters. The summed E-state index contributed by atoms with van der Waals surface area (Å²) >= 11 is 0. The molecule has 0 spiro atoms. The molecule has 1 aromatic heterocycles. The standard InChI is InChI=1S/C9H16N2O.ClH/c10-5-2-1-3-9(11)8-4-6-12-7-8;/h4,6-7,9H,1-3,5,10-11H2;1H/t9-;/m1./s1. The minimum absolute atomic E-state index is 0. The van der Waals surface area contributed by atoms with Gasteiger partial charge in [-0.1, -0.05) is 6.42 Å². The average Bonchev–Trinajstić information content (AvgIpc) is 2.56. The molecule has 4 N–H and O–H groups in total. The molecule has 0 radical (unpaired) electrons. The lowest BCUT2D eigenvalue weighted by Crippen LogP contribution is -2.10. The van der Waals surface area contributed by atoms with Crippen LogP contribution in [-0.2, 0) is 0 Å². The number of hydrogen-bond donors (Lipinski definition) is 2. The van der Waals surface area contributed by atoms with Crippen molar-refractivity contribution in [1.82, 2.24) is 0 Å². The lowest BCUT2D eigenvalue weighted by Gasteiger charge is -2.07. The molecule has 0 aromatic carbocycles. The monoisotopic (exact) mass is 204 g/mol. The summed E-state index contributed by atoms with van der Waals surface area (Å²) < 4.78 is 4.94. The number of halogens is 1. The van der Waals surface area contributed by atoms with E-state index < -0.39 is 0 Å². The summed E-state index contributed by atoms with van der Waals surface area (Å²) in [6.45, 7) is 0.748. The van der Waals surface area contributed by atoms with Crippen LogP contribution in [0.4, 0.5) is 0 Å². The average molecular weight is 205 g/mol. The van der Waals surface area contributed by atoms with E-state index in [1.807, 2.05) is 6.07 Å². The fraction of sp³-hybridized carbons (Fsp3) is 0.556. The van der Waals surface area contributed by atoms with Crippen LogP contribution >= 0.6 is 12.4 Å². The Bertz CT molecular complexity index is 201. The molecule has 0 saturated heterocycles. The first kappa shape index (κ1) is 12.5. The molecule has 0 saturated carbocycles. The second kappa shape index (κ2) is 6.95. The molecule has 4 heteroatoms. The first-order chi connectivity index (χ1) is 5.84. The van der Waals surface area contributed by atoms with Gasteiger partial charge in [-0.05, 0) is 25.5 Å². The van der Waals surface area contributed by atoms with Crippen LogP contribution in [0.3, 0.4) is 0 Å². The van der Waals surface area contributed by atoms with E-state index in [4.69, 9.17) is 15.9 Å². The maximum absolute atomic E-state index is 5.88. The van der Waals surface area contributed by atoms with Gasteiger partial charge < -0.3 is 15.9 Å². The van der Waals surface area contributed by atoms with Crippen molar-refractivity contribution in [3.8, 4) is 0 Å². The number of unbranched alkanes of at least 4 members (excludes halogenated alkanes) is 1. The molecule has 3 nitrogen and oxygen atoms in total. The zero-order valence-electron chi connectivity index (χ0n) is 7.61. The van der Waals surface area contributed by atoms with Gasteiger partial charge in [0.15, 0.2) is 0 Å². The van der Waals surface area contributed by atoms with Crippen LogP contribution < -0.4 is 11.5 Å². The predicted molar refractivity (Wildman–Crippen MR) is 55.8 cm³/mol. The molecular weight excluding hydrogens is 188 g/mol. The number of nitrogens with two attached hydrogens (primary N) is 2. The van der Waals surface area contributed by atoms with Crippen molar-refractivity contribution in [2.75, 3.05) is 6.54 Å². The van der Waals surface area contributed by atoms with E-state index in [1.165, 1.54) is 0 Å². The molecule has 0 aliphatic rings. The van der Waals surface area contributed by atoms with Crippen LogP contribution in [0, 0.1) is 0 Å². The Balaban J connectivity index is 0.00000144. The van der Waals surface area contributed by atoms with Crippen molar-refractivity contribution in [2.24, 2.45) is 11.5 Å². The van der Waals surface area contributed by atoms with E-state index >= 15 is 0 Å². The summed E-state index contributed by atoms with van der Waals surface area (Å²) in [5.41, 5.74) is 12.3. The third-order valence-corrected chi connectivity index (χ3v) is 1.94. The second-order valence-corrected chi connectivity index (χ2v) is 2.95. The highest BCUT2D eigenvalue weighted by molar-refractivity contribution is 5.85. The molecule has 13 heavy (non-hydrogen) atoms. The highest BCUT2D eigenvalue weighted by Gasteiger charge is 2.05. The Morgan fingerprint density at radius 2 is 2.15 bits per heavy atom. The van der Waals surface area contributed by atoms with Crippen molar-refractivity contribution < 1.29 is 4.42 Å². The topological polar surface area (TPSA) is 65.2 Å². The van der Waals surface area contributed by atoms with Crippen LogP contribution in [0.15, 0.2) is 23.0 Å². The first-order valence-electron chi connectivity index (χ1n) is 4.32. The number of furan rings is 1. The third kappa shape index (κ3) is 4.31. The summed E-state index contributed by atoms with van der Waals surface area (Å²) in [6, 6.07) is 2.02. The first-order valence-corrected chi connectivity index (χ1v) is 4.32. The van der Waals surface area contributed by atoms with Gasteiger partial charge in [0.1, 0.15) is 0 Å². The van der Waals surface area contributed by atoms with Crippen LogP contribution in [0.25, 0.3) is 0 Å². The smallest absolute Gasteiger partial charge is 0.0950 e. The maximum atomic E-state index is 5.88. The summed E-state index contributed by atoms with van der Waals surface area (Å²) in [7, 11) is 0. The molecule has 1 aromatic rings. The van der Waals surface area contributed by atoms with Gasteiger partial charge in [-0.3, -0.25) is 0 Å². The van der Waals surface area contributed by atoms with E-state index in [9.17, 15) is 0 Å². The Morgan fingerprint density at radius 3 is 2.69 bits per heavy atom. The van der Waals surface area contributed by atoms with Gasteiger partial charge >= 0.3 is 0 Å². The Labute approximate surface area is 84.9 Å². The van der Waals surface area contributed by atoms with Crippen molar-refractivity contribution in [3.63, 3.8) is 0 Å². The third-order valence-electron chi connectivity index (χ3n) is 1.94. The van der Waals surface area contributed by atoms with Gasteiger partial charge in [0.25, 0.3) is 0 Å². The molecule has 76 valence electrons. The van der Waals surface area contributed by atoms with Gasteiger partial charge in [0.2, 0.25) is 0 Å². The molecule has 1 heterocycles. The summed E-state index contributed by atoms with van der Waals surface area (Å²) in [5.74, 6) is 0. The van der Waals surface area contributed by atoms with Gasteiger partial charge in [-0.2, -0.15) is 0 Å². The van der Waals surface area contributed by atoms with Crippen molar-refractivity contribution in [1.29, 1.82) is 0 Å². The zero-order chi connectivity index (χ0) is 8.81. The molecule has 0 bridgehead atoms. The molecule has 0 aliphatic carbocycles. The van der Waals surface area contributed by atoms with Crippen LogP contribution in [-0.4, -0.2) is 6.54 Å². The Kier molecular flexibility index (Phi) is 6.68. The molecular formula is C9H17ClN2O. The summed E-state index contributed by atoms with van der Waals surface area (Å²) in [6.07, 6.45) is 6.47. The van der Waals surface area contributed by atoms with E-state index in [-0.39, 0.29) is 18.4 Å². The predicted octanol–water partition coefficient (Wildman–Crippen LogP) is 1.83. The summed E-state index contributed by atoms with van der Waals surface area (Å²) in [4.78, 5) is 0. The van der Waals surface area contributed by atoms with Gasteiger partial charge in [-0.25, -0.2) is 0 Å². The Hall–Kier alpha value is -0.510. The van der Waals surface area contributed by atoms with Crippen LogP contribution in [0.1, 0.15) is 30.9 Å². The van der Waals surface area contributed by atoms with E-state index in [0.29, 0.717) is 0 Å². The maximum Gasteiger partial charge on any atom is 0.0950 e. The van der Waals surface area contributed by atoms with Gasteiger partial charge in [0.05, 0.1) is 12.5 Å². The lowest BCUT2D eigenvalue weighted by atomic mass is 10.1. The minimum Gasteiger partial charge on any atom is -0.472 e. The van der Waals surface area contributed by atoms with E-state index in [2.05, 4.69) is 0 Å². The second-order valence-electron chi connectivity index (χ2n) is 2.95. The molecule has 1 rings (SSSR count). The van der Waals surface area contributed by atoms with Gasteiger partial charge in [0, 0.05) is 11.6 Å². The van der Waals surface area contributed by atoms with Crippen LogP contribution in [0.2, 0.25) is 0 Å². The minimum atomic E-state index is 0. The largest absolute Gasteiger partial charge is 0.472 e. The quantitative estimate of drug-likeness (QED) is 0.720. The fourth-order valence-corrected chi connectivity index (χ4v) is 1.16. The highest BCUT2D eigenvalue weighted by atomic mass is 35.5. The fourth-order valence-electron chi connectivity index (χ4n) is 1.16. The summed E-state index contributed by atoms with van der Waals surface area (Å²) in [5, 5.41) is 0. The molecule has 0 amide bonds. The normalized spacial score (nSPS) is 12.2. The van der Waals surface area contributed by atoms with Crippen molar-refractivity contribution in [2.45, 2.75) is 25.3 Å². The molecule has 0 fully saturated rings. The van der Waals surface area contributed by atoms with E-state index in [0.717, 1.165) is 31.4 Å². The van der Waals surface area contributed by atoms with Crippen LogP contribution in [0.5, 0.6) is 0 Å². The van der Waals surface area contributed by atoms with Crippen molar-refractivity contribution >= 4 is 12.4 Å². The van der Waals surface area contributed by atoms with E-state index in [1.54, 1.807) is 12.5 Å². The highest BCUT2D eigenvalue weighted by Crippen LogP contribution is 2.16. The Morgan fingerprint density at radius 1 is 1.38 bits per heavy atom.